The summed E-state index contributed by atoms with van der Waals surface area (Å²) < 4.78 is 0. The van der Waals surface area contributed by atoms with Crippen LogP contribution in [0.2, 0.25) is 0 Å². The van der Waals surface area contributed by atoms with Gasteiger partial charge in [0.1, 0.15) is 48.3 Å². The average molecular weight is 1270 g/mol. The molecule has 0 saturated carbocycles. The number of nitrogens with one attached hydrogen (secondary N) is 7. The molecular formula is C63H91N15O11S. The summed E-state index contributed by atoms with van der Waals surface area (Å²) in [5.41, 5.74) is 31.9. The normalized spacial score (nSPS) is 16.8. The Kier molecular flexibility index (Phi) is 29.5. The van der Waals surface area contributed by atoms with E-state index in [9.17, 15) is 33.6 Å². The van der Waals surface area contributed by atoms with Gasteiger partial charge in [-0.25, -0.2) is 0 Å². The number of aliphatic imine (C=N–C) groups is 1. The molecule has 490 valence electrons. The summed E-state index contributed by atoms with van der Waals surface area (Å²) in [7, 11) is 0. The van der Waals surface area contributed by atoms with E-state index in [1.807, 2.05) is 36.6 Å². The lowest BCUT2D eigenvalue weighted by Crippen LogP contribution is -2.61. The number of fused-ring (bicyclic) bond motifs is 1. The molecule has 2 saturated heterocycles. The number of carboxylic acid groups (broad SMARTS) is 1. The van der Waals surface area contributed by atoms with E-state index in [1.165, 1.54) is 9.80 Å². The first-order valence-corrected chi connectivity index (χ1v) is 32.0. The lowest BCUT2D eigenvalue weighted by atomic mass is 10.00. The fourth-order valence-corrected chi connectivity index (χ4v) is 11.4. The van der Waals surface area contributed by atoms with Gasteiger partial charge in [0, 0.05) is 62.9 Å². The van der Waals surface area contributed by atoms with E-state index >= 15 is 9.59 Å². The Morgan fingerprint density at radius 3 is 1.63 bits per heavy atom. The third-order valence-corrected chi connectivity index (χ3v) is 16.2. The molecule has 9 atom stereocenters. The van der Waals surface area contributed by atoms with E-state index < -0.39 is 108 Å². The zero-order valence-corrected chi connectivity index (χ0v) is 52.6. The molecule has 26 nitrogen and oxygen atoms in total. The topological polar surface area (TPSA) is 428 Å². The zero-order valence-electron chi connectivity index (χ0n) is 51.8. The predicted octanol–water partition coefficient (Wildman–Crippen LogP) is 0.582. The molecule has 2 aliphatic heterocycles. The molecule has 27 heteroatoms. The quantitative estimate of drug-likeness (QED) is 0.0176. The second kappa shape index (κ2) is 36.8. The molecule has 4 aromatic rings. The van der Waals surface area contributed by atoms with E-state index in [1.54, 1.807) is 86.4 Å². The van der Waals surface area contributed by atoms with Gasteiger partial charge in [-0.15, -0.1) is 0 Å². The lowest BCUT2D eigenvalue weighted by molar-refractivity contribution is -0.142. The summed E-state index contributed by atoms with van der Waals surface area (Å²) in [6, 6.07) is 15.1. The number of guanidine groups is 1. The number of primary amides is 1. The van der Waals surface area contributed by atoms with Crippen molar-refractivity contribution in [3.63, 3.8) is 0 Å². The minimum Gasteiger partial charge on any atom is -0.481 e. The van der Waals surface area contributed by atoms with Crippen molar-refractivity contribution in [1.29, 1.82) is 0 Å². The van der Waals surface area contributed by atoms with Crippen LogP contribution in [0.25, 0.3) is 10.9 Å². The summed E-state index contributed by atoms with van der Waals surface area (Å²) in [5.74, 6) is -6.40. The largest absolute Gasteiger partial charge is 0.481 e. The molecule has 3 heterocycles. The Balaban J connectivity index is 0.00000357. The maximum Gasteiger partial charge on any atom is 0.300 e. The van der Waals surface area contributed by atoms with Gasteiger partial charge in [-0.05, 0) is 111 Å². The van der Waals surface area contributed by atoms with E-state index in [2.05, 4.69) is 41.9 Å². The van der Waals surface area contributed by atoms with Gasteiger partial charge >= 0.3 is 0 Å². The number of rotatable bonds is 33. The Labute approximate surface area is 529 Å². The molecule has 0 unspecified atom stereocenters. The molecule has 1 aromatic heterocycles. The van der Waals surface area contributed by atoms with Crippen LogP contribution in [0.3, 0.4) is 0 Å². The maximum absolute atomic E-state index is 15.2. The number of carboxylic acids is 1. The smallest absolute Gasteiger partial charge is 0.300 e. The molecule has 3 aromatic carbocycles. The summed E-state index contributed by atoms with van der Waals surface area (Å²) in [5, 5.41) is 25.3. The van der Waals surface area contributed by atoms with Crippen LogP contribution in [-0.4, -0.2) is 178 Å². The summed E-state index contributed by atoms with van der Waals surface area (Å²) >= 11 is 1.56. The highest BCUT2D eigenvalue weighted by Gasteiger charge is 2.41. The number of nitrogens with two attached hydrogens (primary N) is 5. The number of aliphatic carboxylic acids is 1. The first-order valence-electron chi connectivity index (χ1n) is 30.6. The molecule has 0 radical (unpaired) electrons. The zero-order chi connectivity index (χ0) is 65.9. The molecule has 0 spiro atoms. The number of hydrogen-bond acceptors (Lipinski definition) is 14. The highest BCUT2D eigenvalue weighted by atomic mass is 32.2. The van der Waals surface area contributed by atoms with Gasteiger partial charge in [0.25, 0.3) is 5.97 Å². The Morgan fingerprint density at radius 2 is 1.10 bits per heavy atom. The number of amides is 9. The van der Waals surface area contributed by atoms with Crippen LogP contribution in [-0.2, 0) is 67.2 Å². The van der Waals surface area contributed by atoms with E-state index in [0.29, 0.717) is 80.5 Å². The van der Waals surface area contributed by atoms with Crippen LogP contribution in [0, 0.1) is 5.92 Å². The average Bonchev–Trinajstić information content (AvgIpc) is 1.85. The summed E-state index contributed by atoms with van der Waals surface area (Å²) in [6.45, 7) is 5.47. The fraction of sp³-hybridized carbons (Fsp3) is 0.508. The summed E-state index contributed by atoms with van der Waals surface area (Å²) in [6.07, 6.45) is 6.83. The van der Waals surface area contributed by atoms with E-state index in [0.717, 1.165) is 17.8 Å². The SMILES string of the molecule is CC(=O)O.CSCC[C@H](N)C(=O)N1CCC[C@H]1C(=O)N[C@H](Cc1ccccc1)C(=O)N[C@@H](CCCN=C(N)N)C(=O)N[C@H](Cc1c[nH]c2ccccc12)C(=O)N[C@@H](Cc1ccccc1)C(=O)N[C@@H](CCCCN)C(=O)N1CCC[C@H]1C(=O)N[C@H](C(N)=O)C(C)C. The van der Waals surface area contributed by atoms with Gasteiger partial charge in [0.05, 0.1) is 6.04 Å². The molecule has 18 N–H and O–H groups in total. The fourth-order valence-electron chi connectivity index (χ4n) is 10.9. The first kappa shape index (κ1) is 72.2. The number of carbonyl (C=O) groups is 10. The van der Waals surface area contributed by atoms with E-state index in [-0.39, 0.29) is 69.4 Å². The van der Waals surface area contributed by atoms with Gasteiger partial charge in [-0.3, -0.25) is 52.9 Å². The van der Waals surface area contributed by atoms with Crippen molar-refractivity contribution in [3.8, 4) is 0 Å². The van der Waals surface area contributed by atoms with Gasteiger partial charge < -0.3 is 80.5 Å². The van der Waals surface area contributed by atoms with Crippen LogP contribution < -0.4 is 60.6 Å². The number of aromatic amines is 1. The van der Waals surface area contributed by atoms with Crippen LogP contribution >= 0.6 is 11.8 Å². The summed E-state index contributed by atoms with van der Waals surface area (Å²) in [4.78, 5) is 148. The number of benzene rings is 3. The second-order valence-corrected chi connectivity index (χ2v) is 23.9. The number of carbonyl (C=O) groups excluding carboxylic acids is 9. The molecule has 0 bridgehead atoms. The highest BCUT2D eigenvalue weighted by Crippen LogP contribution is 2.24. The van der Waals surface area contributed by atoms with Crippen LogP contribution in [0.4, 0.5) is 0 Å². The van der Waals surface area contributed by atoms with Crippen molar-refractivity contribution >= 4 is 87.8 Å². The van der Waals surface area contributed by atoms with E-state index in [4.69, 9.17) is 38.6 Å². The number of hydrogen-bond donors (Lipinski definition) is 13. The number of likely N-dealkylation sites (tertiary alicyclic amines) is 2. The van der Waals surface area contributed by atoms with Crippen molar-refractivity contribution in [2.75, 3.05) is 38.2 Å². The molecule has 6 rings (SSSR count). The molecule has 90 heavy (non-hydrogen) atoms. The number of H-pyrrole nitrogens is 1. The van der Waals surface area contributed by atoms with Gasteiger partial charge in [0.2, 0.25) is 53.2 Å². The number of thioether (sulfide) groups is 1. The lowest BCUT2D eigenvalue weighted by Gasteiger charge is -2.31. The molecule has 2 aliphatic rings. The molecule has 9 amide bonds. The molecule has 0 aliphatic carbocycles. The van der Waals surface area contributed by atoms with Gasteiger partial charge in [-0.2, -0.15) is 11.8 Å². The molecule has 2 fully saturated rings. The number of nitrogens with zero attached hydrogens (tertiary/aromatic N) is 3. The van der Waals surface area contributed by atoms with Crippen LogP contribution in [0.5, 0.6) is 0 Å². The van der Waals surface area contributed by atoms with Crippen LogP contribution in [0.1, 0.15) is 102 Å². The minimum absolute atomic E-state index is 0.00815. The van der Waals surface area contributed by atoms with Crippen molar-refractivity contribution in [3.05, 3.63) is 108 Å². The number of aromatic nitrogens is 1. The third kappa shape index (κ3) is 22.5. The Bertz CT molecular complexity index is 3070. The van der Waals surface area contributed by atoms with Crippen molar-refractivity contribution in [2.45, 2.75) is 159 Å². The van der Waals surface area contributed by atoms with Crippen molar-refractivity contribution < 1.29 is 53.1 Å². The van der Waals surface area contributed by atoms with Crippen LogP contribution in [0.15, 0.2) is 96.1 Å². The van der Waals surface area contributed by atoms with Gasteiger partial charge in [0.15, 0.2) is 5.96 Å². The number of para-hydroxylation sites is 1. The Hall–Kier alpha value is -8.56. The molecular weight excluding hydrogens is 1170 g/mol. The second-order valence-electron chi connectivity index (χ2n) is 22.9. The third-order valence-electron chi connectivity index (χ3n) is 15.6. The minimum atomic E-state index is -1.40. The monoisotopic (exact) mass is 1270 g/mol. The maximum atomic E-state index is 15.2. The predicted molar refractivity (Wildman–Crippen MR) is 344 cm³/mol. The van der Waals surface area contributed by atoms with Gasteiger partial charge in [-0.1, -0.05) is 92.7 Å². The highest BCUT2D eigenvalue weighted by molar-refractivity contribution is 7.98. The Morgan fingerprint density at radius 1 is 0.622 bits per heavy atom. The van der Waals surface area contributed by atoms with Crippen molar-refractivity contribution in [1.82, 2.24) is 46.7 Å². The van der Waals surface area contributed by atoms with Crippen molar-refractivity contribution in [2.24, 2.45) is 39.6 Å². The number of unbranched alkanes of at least 4 members (excludes halogenated alkanes) is 1. The first-order chi connectivity index (χ1) is 43.0. The standard InChI is InChI=1S/C61H87N15O9S.C2H4O2/c1-37(2)51(52(64)77)74-58(83)50-26-16-31-76(50)60(85)45(23-12-13-28-62)70-55(80)46(33-38-17-6-4-7-18-38)71-56(81)48(35-40-36-68-43-22-11-10-21-41(40)43)72-53(78)44(24-14-29-67-61(65)66)69-54(79)47(34-39-19-8-5-9-20-39)73-57(82)49-25-15-30-75(49)59(84)42(63)27-32-86-3;1-2(3)4/h4-11,17-22,36-37,42,44-51,68H,12-16,23-35,62-63H2,1-3H3,(H2,64,77)(H,69,79)(H,70,80)(H,71,81)(H,72,78)(H,73,82)(H,74,83)(H4,65,66,67);1H3,(H,3,4)/t42-,44-,45-,46-,47+,48+,49-,50-,51-;/m0./s1.